The molecule has 8 heteroatoms. The number of nitrogens with zero attached hydrogens (tertiary/aromatic N) is 3. The van der Waals surface area contributed by atoms with E-state index in [0.29, 0.717) is 35.7 Å². The quantitative estimate of drug-likeness (QED) is 0.587. The number of carbonyl (C=O) groups is 1. The first-order valence-corrected chi connectivity index (χ1v) is 9.52. The van der Waals surface area contributed by atoms with Gasteiger partial charge in [-0.25, -0.2) is 9.67 Å². The van der Waals surface area contributed by atoms with Crippen LogP contribution in [0.15, 0.2) is 41.5 Å². The maximum Gasteiger partial charge on any atom is 0.280 e. The predicted octanol–water partition coefficient (Wildman–Crippen LogP) is 2.48. The van der Waals surface area contributed by atoms with Gasteiger partial charge < -0.3 is 10.1 Å². The lowest BCUT2D eigenvalue weighted by Crippen LogP contribution is -2.25. The lowest BCUT2D eigenvalue weighted by atomic mass is 9.95. The number of methoxy groups -OCH3 is 1. The average Bonchev–Trinajstić information content (AvgIpc) is 3.14. The lowest BCUT2D eigenvalue weighted by molar-refractivity contribution is 0.0948. The van der Waals surface area contributed by atoms with Crippen molar-refractivity contribution in [2.75, 3.05) is 20.3 Å². The van der Waals surface area contributed by atoms with Crippen LogP contribution in [0.3, 0.4) is 0 Å². The van der Waals surface area contributed by atoms with Crippen molar-refractivity contribution in [1.29, 1.82) is 5.26 Å². The maximum atomic E-state index is 12.9. The van der Waals surface area contributed by atoms with Crippen molar-refractivity contribution >= 4 is 5.91 Å². The van der Waals surface area contributed by atoms with Crippen molar-refractivity contribution < 1.29 is 9.53 Å². The molecule has 0 unspecified atom stereocenters. The number of benzene rings is 1. The first-order chi connectivity index (χ1) is 14.5. The fraction of sp³-hybridized carbons (Fsp3) is 0.273. The first-order valence-electron chi connectivity index (χ1n) is 9.52. The topological polar surface area (TPSA) is 113 Å². The summed E-state index contributed by atoms with van der Waals surface area (Å²) in [4.78, 5) is 29.3. The predicted molar refractivity (Wildman–Crippen MR) is 113 cm³/mol. The van der Waals surface area contributed by atoms with Gasteiger partial charge in [0.2, 0.25) is 0 Å². The van der Waals surface area contributed by atoms with Gasteiger partial charge in [-0.05, 0) is 55.2 Å². The number of pyridine rings is 1. The average molecular weight is 405 g/mol. The zero-order valence-corrected chi connectivity index (χ0v) is 17.2. The maximum absolute atomic E-state index is 12.9. The van der Waals surface area contributed by atoms with E-state index in [9.17, 15) is 14.9 Å². The second-order valence-corrected chi connectivity index (χ2v) is 6.86. The van der Waals surface area contributed by atoms with Gasteiger partial charge in [-0.2, -0.15) is 5.26 Å². The van der Waals surface area contributed by atoms with Crippen molar-refractivity contribution in [1.82, 2.24) is 20.1 Å². The van der Waals surface area contributed by atoms with Gasteiger partial charge in [0, 0.05) is 32.7 Å². The van der Waals surface area contributed by atoms with Crippen molar-refractivity contribution in [3.63, 3.8) is 0 Å². The van der Waals surface area contributed by atoms with E-state index < -0.39 is 0 Å². The summed E-state index contributed by atoms with van der Waals surface area (Å²) >= 11 is 0. The molecule has 0 aliphatic heterocycles. The molecule has 2 N–H and O–H groups in total. The number of nitriles is 1. The van der Waals surface area contributed by atoms with Crippen LogP contribution in [-0.2, 0) is 4.74 Å². The summed E-state index contributed by atoms with van der Waals surface area (Å²) in [5.41, 5.74) is 3.72. The molecule has 1 aromatic carbocycles. The van der Waals surface area contributed by atoms with Crippen molar-refractivity contribution in [2.24, 2.45) is 0 Å². The number of nitrogens with one attached hydrogen (secondary N) is 2. The Morgan fingerprint density at radius 1 is 1.23 bits per heavy atom. The SMILES string of the molecule is COCCCNC(=O)c1ccc(-n2[nH]cc(-c3ccc(C#N)c(C)c3C)c2=O)nc1. The highest BCUT2D eigenvalue weighted by Gasteiger charge is 2.15. The number of rotatable bonds is 7. The number of aromatic amines is 1. The molecule has 3 aromatic rings. The molecule has 0 fully saturated rings. The summed E-state index contributed by atoms with van der Waals surface area (Å²) in [5, 5.41) is 14.9. The van der Waals surface area contributed by atoms with Crippen LogP contribution in [0.5, 0.6) is 0 Å². The van der Waals surface area contributed by atoms with E-state index in [1.807, 2.05) is 13.8 Å². The minimum Gasteiger partial charge on any atom is -0.385 e. The third kappa shape index (κ3) is 4.16. The van der Waals surface area contributed by atoms with E-state index in [2.05, 4.69) is 21.5 Å². The zero-order chi connectivity index (χ0) is 21.7. The van der Waals surface area contributed by atoms with Crippen LogP contribution >= 0.6 is 0 Å². The number of H-pyrrole nitrogens is 1. The Hall–Kier alpha value is -3.70. The summed E-state index contributed by atoms with van der Waals surface area (Å²) in [7, 11) is 1.61. The van der Waals surface area contributed by atoms with E-state index in [-0.39, 0.29) is 11.5 Å². The van der Waals surface area contributed by atoms with E-state index in [0.717, 1.165) is 23.1 Å². The minimum atomic E-state index is -0.258. The lowest BCUT2D eigenvalue weighted by Gasteiger charge is -2.08. The number of ether oxygens (including phenoxy) is 1. The zero-order valence-electron chi connectivity index (χ0n) is 17.2. The molecule has 0 spiro atoms. The molecule has 1 amide bonds. The molecule has 8 nitrogen and oxygen atoms in total. The largest absolute Gasteiger partial charge is 0.385 e. The fourth-order valence-electron chi connectivity index (χ4n) is 3.14. The van der Waals surface area contributed by atoms with Crippen LogP contribution in [0.25, 0.3) is 16.9 Å². The molecule has 0 atom stereocenters. The van der Waals surface area contributed by atoms with E-state index >= 15 is 0 Å². The van der Waals surface area contributed by atoms with Gasteiger partial charge in [-0.3, -0.25) is 14.7 Å². The summed E-state index contributed by atoms with van der Waals surface area (Å²) < 4.78 is 6.27. The molecular weight excluding hydrogens is 382 g/mol. The Bertz CT molecular complexity index is 1150. The van der Waals surface area contributed by atoms with Gasteiger partial charge in [0.1, 0.15) is 0 Å². The second-order valence-electron chi connectivity index (χ2n) is 6.86. The molecule has 3 rings (SSSR count). The molecule has 30 heavy (non-hydrogen) atoms. The molecule has 2 aromatic heterocycles. The van der Waals surface area contributed by atoms with Crippen molar-refractivity contribution in [2.45, 2.75) is 20.3 Å². The number of aromatic nitrogens is 3. The number of carbonyl (C=O) groups excluding carboxylic acids is 1. The third-order valence-electron chi connectivity index (χ3n) is 5.02. The Morgan fingerprint density at radius 3 is 2.70 bits per heavy atom. The van der Waals surface area contributed by atoms with Gasteiger partial charge in [0.05, 0.1) is 22.8 Å². The molecule has 0 radical (unpaired) electrons. The number of hydrogen-bond acceptors (Lipinski definition) is 5. The third-order valence-corrected chi connectivity index (χ3v) is 5.02. The fourth-order valence-corrected chi connectivity index (χ4v) is 3.14. The highest BCUT2D eigenvalue weighted by atomic mass is 16.5. The van der Waals surface area contributed by atoms with Gasteiger partial charge >= 0.3 is 0 Å². The molecule has 0 bridgehead atoms. The highest BCUT2D eigenvalue weighted by Crippen LogP contribution is 2.25. The highest BCUT2D eigenvalue weighted by molar-refractivity contribution is 5.93. The molecular formula is C22H23N5O3. The summed E-state index contributed by atoms with van der Waals surface area (Å²) in [6.07, 6.45) is 3.78. The molecule has 0 aliphatic rings. The van der Waals surface area contributed by atoms with Gasteiger partial charge in [0.25, 0.3) is 11.5 Å². The molecule has 0 aliphatic carbocycles. The Kier molecular flexibility index (Phi) is 6.45. The molecule has 2 heterocycles. The number of amides is 1. The van der Waals surface area contributed by atoms with Gasteiger partial charge in [-0.1, -0.05) is 6.07 Å². The Labute approximate surface area is 174 Å². The first kappa shape index (κ1) is 21.0. The van der Waals surface area contributed by atoms with E-state index in [1.165, 1.54) is 10.9 Å². The summed E-state index contributed by atoms with van der Waals surface area (Å²) in [6.45, 7) is 4.84. The van der Waals surface area contributed by atoms with Crippen LogP contribution < -0.4 is 10.9 Å². The summed E-state index contributed by atoms with van der Waals surface area (Å²) in [6, 6.07) is 8.88. The van der Waals surface area contributed by atoms with Gasteiger partial charge in [0.15, 0.2) is 5.82 Å². The minimum absolute atomic E-state index is 0.228. The molecule has 154 valence electrons. The summed E-state index contributed by atoms with van der Waals surface area (Å²) in [5.74, 6) is 0.151. The second kappa shape index (κ2) is 9.20. The van der Waals surface area contributed by atoms with Gasteiger partial charge in [-0.15, -0.1) is 0 Å². The van der Waals surface area contributed by atoms with E-state index in [4.69, 9.17) is 4.74 Å². The standard InChI is InChI=1S/C22H23N5O3/c1-14-15(2)18(7-5-16(14)11-23)19-13-26-27(22(19)29)20-8-6-17(12-25-20)21(28)24-9-4-10-30-3/h5-8,12-13,26H,4,9-10H2,1-3H3,(H,24,28). The van der Waals surface area contributed by atoms with Crippen molar-refractivity contribution in [3.8, 4) is 23.0 Å². The number of hydrogen-bond donors (Lipinski definition) is 2. The van der Waals surface area contributed by atoms with Crippen LogP contribution in [0.1, 0.15) is 33.5 Å². The van der Waals surface area contributed by atoms with Crippen LogP contribution in [0, 0.1) is 25.2 Å². The van der Waals surface area contributed by atoms with Crippen LogP contribution in [-0.4, -0.2) is 40.9 Å². The smallest absolute Gasteiger partial charge is 0.280 e. The molecule has 0 saturated carbocycles. The van der Waals surface area contributed by atoms with Crippen LogP contribution in [0.2, 0.25) is 0 Å². The Morgan fingerprint density at radius 2 is 2.03 bits per heavy atom. The monoisotopic (exact) mass is 405 g/mol. The van der Waals surface area contributed by atoms with E-state index in [1.54, 1.807) is 37.6 Å². The normalized spacial score (nSPS) is 10.6. The molecule has 0 saturated heterocycles. The Balaban J connectivity index is 1.83. The van der Waals surface area contributed by atoms with Crippen molar-refractivity contribution in [3.05, 3.63) is 69.3 Å². The van der Waals surface area contributed by atoms with Crippen LogP contribution in [0.4, 0.5) is 0 Å².